The van der Waals surface area contributed by atoms with Gasteiger partial charge in [0.05, 0.1) is 0 Å². The summed E-state index contributed by atoms with van der Waals surface area (Å²) in [7, 11) is 0. The summed E-state index contributed by atoms with van der Waals surface area (Å²) in [5, 5.41) is 5.14. The highest BCUT2D eigenvalue weighted by Gasteiger charge is 2.19. The van der Waals surface area contributed by atoms with E-state index in [9.17, 15) is 4.79 Å². The first kappa shape index (κ1) is 12.6. The first-order chi connectivity index (χ1) is 8.79. The summed E-state index contributed by atoms with van der Waals surface area (Å²) in [5.41, 5.74) is 0. The van der Waals surface area contributed by atoms with Crippen molar-refractivity contribution in [2.45, 2.75) is 19.4 Å². The average molecular weight is 262 g/mol. The molecule has 0 unspecified atom stereocenters. The summed E-state index contributed by atoms with van der Waals surface area (Å²) in [4.78, 5) is 16.0. The molecule has 4 nitrogen and oxygen atoms in total. The van der Waals surface area contributed by atoms with E-state index in [4.69, 9.17) is 4.74 Å². The van der Waals surface area contributed by atoms with Gasteiger partial charge in [-0.25, -0.2) is 4.98 Å². The van der Waals surface area contributed by atoms with E-state index in [1.54, 1.807) is 6.20 Å². The van der Waals surface area contributed by atoms with Crippen LogP contribution in [0.4, 0.5) is 5.13 Å². The number of anilines is 1. The van der Waals surface area contributed by atoms with Gasteiger partial charge in [0.2, 0.25) is 0 Å². The Hall–Kier alpha value is -1.88. The monoisotopic (exact) mass is 262 g/mol. The molecule has 0 aliphatic heterocycles. The summed E-state index contributed by atoms with van der Waals surface area (Å²) in [5.74, 6) is 0.523. The molecule has 2 aromatic rings. The van der Waals surface area contributed by atoms with E-state index in [2.05, 4.69) is 10.3 Å². The number of amides is 1. The Kier molecular flexibility index (Phi) is 4.30. The number of para-hydroxylation sites is 1. The maximum atomic E-state index is 12.0. The normalized spacial score (nSPS) is 11.8. The zero-order valence-corrected chi connectivity index (χ0v) is 10.8. The highest BCUT2D eigenvalue weighted by molar-refractivity contribution is 7.13. The quantitative estimate of drug-likeness (QED) is 0.901. The van der Waals surface area contributed by atoms with Crippen LogP contribution in [0.2, 0.25) is 0 Å². The van der Waals surface area contributed by atoms with Gasteiger partial charge in [-0.05, 0) is 18.6 Å². The van der Waals surface area contributed by atoms with Crippen LogP contribution in [-0.2, 0) is 4.79 Å². The van der Waals surface area contributed by atoms with E-state index in [1.807, 2.05) is 42.6 Å². The third-order valence-electron chi connectivity index (χ3n) is 2.35. The molecule has 1 N–H and O–H groups in total. The molecule has 0 radical (unpaired) electrons. The summed E-state index contributed by atoms with van der Waals surface area (Å²) in [6.07, 6.45) is 1.75. The van der Waals surface area contributed by atoms with Gasteiger partial charge in [0, 0.05) is 11.6 Å². The number of carbonyl (C=O) groups excluding carboxylic acids is 1. The highest BCUT2D eigenvalue weighted by Crippen LogP contribution is 2.15. The smallest absolute Gasteiger partial charge is 0.267 e. The molecule has 0 aliphatic rings. The van der Waals surface area contributed by atoms with Gasteiger partial charge in [0.25, 0.3) is 5.91 Å². The molecule has 1 aromatic heterocycles. The number of hydrogen-bond acceptors (Lipinski definition) is 4. The lowest BCUT2D eigenvalue weighted by Crippen LogP contribution is -2.32. The number of ether oxygens (including phenoxy) is 1. The van der Waals surface area contributed by atoms with Crippen molar-refractivity contribution in [2.75, 3.05) is 5.32 Å². The molecular formula is C13H14N2O2S. The third kappa shape index (κ3) is 3.30. The van der Waals surface area contributed by atoms with Crippen molar-refractivity contribution in [3.63, 3.8) is 0 Å². The van der Waals surface area contributed by atoms with Gasteiger partial charge in [0.15, 0.2) is 11.2 Å². The van der Waals surface area contributed by atoms with Gasteiger partial charge in [-0.2, -0.15) is 0 Å². The number of nitrogens with one attached hydrogen (secondary N) is 1. The molecule has 0 spiro atoms. The van der Waals surface area contributed by atoms with Crippen molar-refractivity contribution in [2.24, 2.45) is 0 Å². The zero-order valence-electron chi connectivity index (χ0n) is 10.00. The summed E-state index contributed by atoms with van der Waals surface area (Å²) >= 11 is 1.39. The molecule has 1 atom stereocenters. The Morgan fingerprint density at radius 1 is 1.44 bits per heavy atom. The number of thiazole rings is 1. The predicted octanol–water partition coefficient (Wildman–Crippen LogP) is 2.94. The van der Waals surface area contributed by atoms with Crippen LogP contribution in [0.15, 0.2) is 41.9 Å². The molecule has 0 saturated carbocycles. The van der Waals surface area contributed by atoms with Gasteiger partial charge in [-0.15, -0.1) is 11.3 Å². The Morgan fingerprint density at radius 2 is 2.22 bits per heavy atom. The first-order valence-corrected chi connectivity index (χ1v) is 6.59. The standard InChI is InChI=1S/C13H14N2O2S/c1-2-11(17-10-6-4-3-5-7-10)12(16)15-13-14-8-9-18-13/h3-9,11H,2H2,1H3,(H,14,15,16)/t11-/m1/s1. The minimum absolute atomic E-state index is 0.170. The van der Waals surface area contributed by atoms with Crippen LogP contribution in [-0.4, -0.2) is 17.0 Å². The lowest BCUT2D eigenvalue weighted by molar-refractivity contribution is -0.122. The Bertz CT molecular complexity index is 485. The van der Waals surface area contributed by atoms with Crippen LogP contribution in [0.1, 0.15) is 13.3 Å². The molecule has 5 heteroatoms. The molecular weight excluding hydrogens is 248 g/mol. The number of nitrogens with zero attached hydrogens (tertiary/aromatic N) is 1. The molecule has 94 valence electrons. The molecule has 0 saturated heterocycles. The highest BCUT2D eigenvalue weighted by atomic mass is 32.1. The molecule has 1 aromatic carbocycles. The topological polar surface area (TPSA) is 51.2 Å². The van der Waals surface area contributed by atoms with Gasteiger partial charge in [-0.1, -0.05) is 25.1 Å². The fourth-order valence-electron chi connectivity index (χ4n) is 1.46. The first-order valence-electron chi connectivity index (χ1n) is 5.71. The van der Waals surface area contributed by atoms with Crippen LogP contribution in [0.25, 0.3) is 0 Å². The number of benzene rings is 1. The molecule has 18 heavy (non-hydrogen) atoms. The van der Waals surface area contributed by atoms with Crippen molar-refractivity contribution in [3.8, 4) is 5.75 Å². The third-order valence-corrected chi connectivity index (χ3v) is 3.04. The fraction of sp³-hybridized carbons (Fsp3) is 0.231. The largest absolute Gasteiger partial charge is 0.481 e. The van der Waals surface area contributed by atoms with Crippen LogP contribution in [0, 0.1) is 0 Å². The average Bonchev–Trinajstić information content (AvgIpc) is 2.90. The number of aromatic nitrogens is 1. The van der Waals surface area contributed by atoms with E-state index >= 15 is 0 Å². The van der Waals surface area contributed by atoms with Crippen LogP contribution < -0.4 is 10.1 Å². The lowest BCUT2D eigenvalue weighted by Gasteiger charge is -2.16. The molecule has 0 bridgehead atoms. The number of carbonyl (C=O) groups is 1. The van der Waals surface area contributed by atoms with E-state index in [-0.39, 0.29) is 5.91 Å². The van der Waals surface area contributed by atoms with E-state index < -0.39 is 6.10 Å². The summed E-state index contributed by atoms with van der Waals surface area (Å²) in [6, 6.07) is 9.32. The molecule has 0 aliphatic carbocycles. The van der Waals surface area contributed by atoms with Crippen LogP contribution in [0.3, 0.4) is 0 Å². The van der Waals surface area contributed by atoms with Gasteiger partial charge < -0.3 is 4.74 Å². The molecule has 1 amide bonds. The zero-order chi connectivity index (χ0) is 12.8. The molecule has 2 rings (SSSR count). The van der Waals surface area contributed by atoms with Gasteiger partial charge in [-0.3, -0.25) is 10.1 Å². The van der Waals surface area contributed by atoms with Crippen LogP contribution >= 0.6 is 11.3 Å². The SMILES string of the molecule is CC[C@@H](Oc1ccccc1)C(=O)Nc1nccs1. The van der Waals surface area contributed by atoms with Gasteiger partial charge >= 0.3 is 0 Å². The Morgan fingerprint density at radius 3 is 2.83 bits per heavy atom. The second kappa shape index (κ2) is 6.16. The lowest BCUT2D eigenvalue weighted by atomic mass is 10.2. The van der Waals surface area contributed by atoms with Crippen molar-refractivity contribution in [1.29, 1.82) is 0 Å². The maximum Gasteiger partial charge on any atom is 0.267 e. The molecule has 1 heterocycles. The van der Waals surface area contributed by atoms with E-state index in [1.165, 1.54) is 11.3 Å². The molecule has 0 fully saturated rings. The van der Waals surface area contributed by atoms with Crippen molar-refractivity contribution in [3.05, 3.63) is 41.9 Å². The van der Waals surface area contributed by atoms with Crippen molar-refractivity contribution in [1.82, 2.24) is 4.98 Å². The fourth-order valence-corrected chi connectivity index (χ4v) is 1.99. The van der Waals surface area contributed by atoms with Gasteiger partial charge in [0.1, 0.15) is 5.75 Å². The van der Waals surface area contributed by atoms with E-state index in [0.29, 0.717) is 17.3 Å². The minimum atomic E-state index is -0.503. The Balaban J connectivity index is 1.98. The Labute approximate surface area is 110 Å². The second-order valence-corrected chi connectivity index (χ2v) is 4.55. The minimum Gasteiger partial charge on any atom is -0.481 e. The summed E-state index contributed by atoms with van der Waals surface area (Å²) in [6.45, 7) is 1.91. The number of rotatable bonds is 5. The van der Waals surface area contributed by atoms with Crippen LogP contribution in [0.5, 0.6) is 5.75 Å². The predicted molar refractivity (Wildman–Crippen MR) is 71.9 cm³/mol. The number of hydrogen-bond donors (Lipinski definition) is 1. The van der Waals surface area contributed by atoms with Crippen molar-refractivity contribution < 1.29 is 9.53 Å². The maximum absolute atomic E-state index is 12.0. The second-order valence-electron chi connectivity index (χ2n) is 3.65. The van der Waals surface area contributed by atoms with Crippen molar-refractivity contribution >= 4 is 22.4 Å². The van der Waals surface area contributed by atoms with E-state index in [0.717, 1.165) is 0 Å². The summed E-state index contributed by atoms with van der Waals surface area (Å²) < 4.78 is 5.64.